The van der Waals surface area contributed by atoms with Crippen molar-refractivity contribution in [1.29, 1.82) is 0 Å². The van der Waals surface area contributed by atoms with E-state index in [9.17, 15) is 4.79 Å². The van der Waals surface area contributed by atoms with Crippen molar-refractivity contribution >= 4 is 5.97 Å². The van der Waals surface area contributed by atoms with Gasteiger partial charge < -0.3 is 14.6 Å². The van der Waals surface area contributed by atoms with Gasteiger partial charge in [0.1, 0.15) is 6.61 Å². The van der Waals surface area contributed by atoms with Gasteiger partial charge in [0.25, 0.3) is 0 Å². The number of nitrogens with zero attached hydrogens (tertiary/aromatic N) is 1. The minimum absolute atomic E-state index is 0.123. The van der Waals surface area contributed by atoms with Crippen LogP contribution in [0.1, 0.15) is 51.4 Å². The molecule has 1 atom stereocenters. The topological polar surface area (TPSA) is 59.0 Å². The molecule has 120 valence electrons. The van der Waals surface area contributed by atoms with Gasteiger partial charge in [-0.1, -0.05) is 12.8 Å². The Kier molecular flexibility index (Phi) is 4.82. The van der Waals surface area contributed by atoms with Crippen LogP contribution in [0.15, 0.2) is 0 Å². The van der Waals surface area contributed by atoms with Gasteiger partial charge >= 0.3 is 5.97 Å². The van der Waals surface area contributed by atoms with Crippen LogP contribution in [0.25, 0.3) is 0 Å². The third kappa shape index (κ3) is 3.76. The lowest BCUT2D eigenvalue weighted by molar-refractivity contribution is -0.146. The lowest BCUT2D eigenvalue weighted by atomic mass is 9.87. The molecule has 0 aromatic carbocycles. The van der Waals surface area contributed by atoms with Crippen LogP contribution in [-0.2, 0) is 14.3 Å². The number of piperidine rings is 1. The molecule has 1 saturated carbocycles. The van der Waals surface area contributed by atoms with Crippen molar-refractivity contribution in [2.75, 3.05) is 26.3 Å². The lowest BCUT2D eigenvalue weighted by Gasteiger charge is -2.45. The maximum Gasteiger partial charge on any atom is 0.329 e. The highest BCUT2D eigenvalue weighted by Gasteiger charge is 2.41. The van der Waals surface area contributed by atoms with E-state index in [1.807, 2.05) is 0 Å². The molecule has 0 amide bonds. The Hall–Kier alpha value is -0.650. The summed E-state index contributed by atoms with van der Waals surface area (Å²) in [6.07, 6.45) is 9.47. The van der Waals surface area contributed by atoms with Crippen LogP contribution in [0.3, 0.4) is 0 Å². The van der Waals surface area contributed by atoms with E-state index in [1.54, 1.807) is 0 Å². The molecule has 0 aromatic heterocycles. The van der Waals surface area contributed by atoms with Gasteiger partial charge in [0.2, 0.25) is 0 Å². The van der Waals surface area contributed by atoms with E-state index in [0.29, 0.717) is 6.04 Å². The minimum atomic E-state index is -0.870. The Morgan fingerprint density at radius 3 is 2.62 bits per heavy atom. The average Bonchev–Trinajstić information content (AvgIpc) is 2.93. The Labute approximate surface area is 126 Å². The summed E-state index contributed by atoms with van der Waals surface area (Å²) in [5.74, 6) is -0.870. The molecule has 3 aliphatic rings. The number of hydrogen-bond donors (Lipinski definition) is 1. The van der Waals surface area contributed by atoms with Crippen molar-refractivity contribution in [2.45, 2.75) is 69.1 Å². The van der Waals surface area contributed by atoms with Gasteiger partial charge in [-0.2, -0.15) is 0 Å². The molecule has 3 rings (SSSR count). The van der Waals surface area contributed by atoms with Crippen LogP contribution in [-0.4, -0.2) is 60.0 Å². The van der Waals surface area contributed by atoms with Crippen molar-refractivity contribution in [1.82, 2.24) is 4.90 Å². The van der Waals surface area contributed by atoms with Gasteiger partial charge in [-0.15, -0.1) is 0 Å². The van der Waals surface area contributed by atoms with E-state index < -0.39 is 5.97 Å². The summed E-state index contributed by atoms with van der Waals surface area (Å²) < 4.78 is 11.5. The monoisotopic (exact) mass is 297 g/mol. The van der Waals surface area contributed by atoms with Crippen LogP contribution < -0.4 is 0 Å². The van der Waals surface area contributed by atoms with E-state index in [0.717, 1.165) is 39.0 Å². The fraction of sp³-hybridized carbons (Fsp3) is 0.938. The van der Waals surface area contributed by atoms with E-state index in [-0.39, 0.29) is 18.3 Å². The van der Waals surface area contributed by atoms with Crippen molar-refractivity contribution in [3.8, 4) is 0 Å². The number of rotatable bonds is 4. The lowest BCUT2D eigenvalue weighted by Crippen LogP contribution is -2.50. The second-order valence-corrected chi connectivity index (χ2v) is 6.83. The largest absolute Gasteiger partial charge is 0.480 e. The number of carboxylic acid groups (broad SMARTS) is 1. The normalized spacial score (nSPS) is 30.8. The van der Waals surface area contributed by atoms with Gasteiger partial charge in [-0.3, -0.25) is 4.90 Å². The molecule has 1 N–H and O–H groups in total. The average molecular weight is 297 g/mol. The second kappa shape index (κ2) is 6.63. The van der Waals surface area contributed by atoms with E-state index in [1.165, 1.54) is 32.1 Å². The molecule has 2 heterocycles. The first-order chi connectivity index (χ1) is 10.2. The summed E-state index contributed by atoms with van der Waals surface area (Å²) in [6.45, 7) is 2.81. The molecule has 2 saturated heterocycles. The molecule has 21 heavy (non-hydrogen) atoms. The smallest absolute Gasteiger partial charge is 0.329 e. The summed E-state index contributed by atoms with van der Waals surface area (Å²) >= 11 is 0. The van der Waals surface area contributed by atoms with Crippen LogP contribution in [0.5, 0.6) is 0 Å². The van der Waals surface area contributed by atoms with Gasteiger partial charge in [-0.25, -0.2) is 4.79 Å². The molecule has 0 radical (unpaired) electrons. The van der Waals surface area contributed by atoms with Gasteiger partial charge in [0.05, 0.1) is 11.7 Å². The molecular weight excluding hydrogens is 270 g/mol. The molecule has 0 aromatic rings. The third-order valence-corrected chi connectivity index (χ3v) is 5.42. The van der Waals surface area contributed by atoms with E-state index in [4.69, 9.17) is 14.6 Å². The highest BCUT2D eigenvalue weighted by molar-refractivity contribution is 5.68. The predicted molar refractivity (Wildman–Crippen MR) is 78.4 cm³/mol. The maximum atomic E-state index is 10.5. The van der Waals surface area contributed by atoms with Gasteiger partial charge in [0.15, 0.2) is 0 Å². The molecule has 5 nitrogen and oxygen atoms in total. The van der Waals surface area contributed by atoms with Crippen molar-refractivity contribution in [3.63, 3.8) is 0 Å². The molecule has 0 bridgehead atoms. The highest BCUT2D eigenvalue weighted by atomic mass is 16.5. The number of likely N-dealkylation sites (tertiary alicyclic amines) is 1. The third-order valence-electron chi connectivity index (χ3n) is 5.42. The van der Waals surface area contributed by atoms with Crippen LogP contribution in [0.4, 0.5) is 0 Å². The predicted octanol–water partition coefficient (Wildman–Crippen LogP) is 2.04. The summed E-state index contributed by atoms with van der Waals surface area (Å²) in [5, 5.41) is 8.67. The minimum Gasteiger partial charge on any atom is -0.480 e. The van der Waals surface area contributed by atoms with Crippen LogP contribution in [0.2, 0.25) is 0 Å². The zero-order chi connectivity index (χ0) is 14.7. The first-order valence-electron chi connectivity index (χ1n) is 8.38. The quantitative estimate of drug-likeness (QED) is 0.860. The fourth-order valence-electron chi connectivity index (χ4n) is 4.28. The van der Waals surface area contributed by atoms with Crippen LogP contribution in [0, 0.1) is 0 Å². The second-order valence-electron chi connectivity index (χ2n) is 6.83. The summed E-state index contributed by atoms with van der Waals surface area (Å²) in [4.78, 5) is 13.1. The summed E-state index contributed by atoms with van der Waals surface area (Å²) in [6, 6.07) is 0.650. The Bertz CT molecular complexity index is 359. The zero-order valence-electron chi connectivity index (χ0n) is 12.8. The van der Waals surface area contributed by atoms with E-state index in [2.05, 4.69) is 4.90 Å². The molecule has 3 fully saturated rings. The molecule has 1 spiro atoms. The molecule has 5 heteroatoms. The number of carbonyl (C=O) groups is 1. The first kappa shape index (κ1) is 15.3. The van der Waals surface area contributed by atoms with Gasteiger partial charge in [0, 0.05) is 25.7 Å². The van der Waals surface area contributed by atoms with Crippen LogP contribution >= 0.6 is 0 Å². The maximum absolute atomic E-state index is 10.5. The summed E-state index contributed by atoms with van der Waals surface area (Å²) in [7, 11) is 0. The highest BCUT2D eigenvalue weighted by Crippen LogP contribution is 2.41. The van der Waals surface area contributed by atoms with E-state index >= 15 is 0 Å². The van der Waals surface area contributed by atoms with Crippen molar-refractivity contribution < 1.29 is 19.4 Å². The first-order valence-corrected chi connectivity index (χ1v) is 8.38. The molecule has 1 aliphatic carbocycles. The Morgan fingerprint density at radius 1 is 1.24 bits per heavy atom. The van der Waals surface area contributed by atoms with Crippen molar-refractivity contribution in [2.24, 2.45) is 0 Å². The molecular formula is C16H27NO4. The standard InChI is InChI=1S/C16H27NO4/c18-15(19)12-20-14-3-8-17(9-4-14)13-5-10-21-16(11-13)6-1-2-7-16/h13-14H,1-12H2,(H,18,19). The molecule has 1 unspecified atom stereocenters. The number of carboxylic acids is 1. The van der Waals surface area contributed by atoms with Crippen molar-refractivity contribution in [3.05, 3.63) is 0 Å². The number of ether oxygens (including phenoxy) is 2. The SMILES string of the molecule is O=C(O)COC1CCN(C2CCOC3(CCCC3)C2)CC1. The zero-order valence-corrected chi connectivity index (χ0v) is 12.8. The Balaban J connectivity index is 1.46. The number of hydrogen-bond acceptors (Lipinski definition) is 4. The molecule has 2 aliphatic heterocycles. The summed E-state index contributed by atoms with van der Waals surface area (Å²) in [5.41, 5.74) is 0.180. The number of aliphatic carboxylic acids is 1. The van der Waals surface area contributed by atoms with Gasteiger partial charge in [-0.05, 0) is 38.5 Å². The fourth-order valence-corrected chi connectivity index (χ4v) is 4.28. The Morgan fingerprint density at radius 2 is 1.95 bits per heavy atom.